The van der Waals surface area contributed by atoms with Crippen molar-refractivity contribution in [1.29, 1.82) is 0 Å². The minimum Gasteiger partial charge on any atom is -0.481 e. The number of imidazole rings is 1. The summed E-state index contributed by atoms with van der Waals surface area (Å²) in [5, 5.41) is 25.4. The number of nitrogens with one attached hydrogen (secondary N) is 4. The number of carbonyl (C=O) groups excluding carboxylic acids is 3. The van der Waals surface area contributed by atoms with E-state index in [1.165, 1.54) is 12.5 Å². The molecule has 13 nitrogen and oxygen atoms in total. The minimum atomic E-state index is -1.53. The molecule has 0 radical (unpaired) electrons. The lowest BCUT2D eigenvalue weighted by molar-refractivity contribution is -0.144. The van der Waals surface area contributed by atoms with Crippen LogP contribution in [0.25, 0.3) is 0 Å². The molecule has 1 aromatic rings. The lowest BCUT2D eigenvalue weighted by Gasteiger charge is -2.25. The average molecular weight is 487 g/mol. The number of carboxylic acid groups (broad SMARTS) is 2. The third-order valence-corrected chi connectivity index (χ3v) is 5.30. The van der Waals surface area contributed by atoms with Crippen molar-refractivity contribution in [2.45, 2.75) is 57.3 Å². The summed E-state index contributed by atoms with van der Waals surface area (Å²) in [6.45, 7) is 3.42. The molecule has 1 heterocycles. The van der Waals surface area contributed by atoms with Gasteiger partial charge in [0.2, 0.25) is 17.7 Å². The van der Waals surface area contributed by atoms with E-state index in [1.54, 1.807) is 13.8 Å². The standard InChI is InChI=1S/C19H30N6O7S/c1-3-9(2)15(19(31)32)25-18(30)13(7-33)24-17(29)12(5-14(26)27)23-16(28)11(20)4-10-6-21-8-22-10/h6,8-9,11-13,15,33H,3-5,7,20H2,1-2H3,(H,21,22)(H,23,28)(H,24,29)(H,25,30)(H,26,27)(H,31,32). The van der Waals surface area contributed by atoms with Gasteiger partial charge in [-0.05, 0) is 5.92 Å². The largest absolute Gasteiger partial charge is 0.481 e. The molecule has 0 saturated carbocycles. The molecular weight excluding hydrogens is 456 g/mol. The Morgan fingerprint density at radius 1 is 1.09 bits per heavy atom. The number of aliphatic carboxylic acids is 2. The summed E-state index contributed by atoms with van der Waals surface area (Å²) in [6, 6.07) is -5.07. The van der Waals surface area contributed by atoms with Crippen LogP contribution in [0.15, 0.2) is 12.5 Å². The first-order valence-electron chi connectivity index (χ1n) is 10.2. The number of carboxylic acids is 2. The molecule has 5 unspecified atom stereocenters. The second-order valence-electron chi connectivity index (χ2n) is 7.50. The van der Waals surface area contributed by atoms with Crippen molar-refractivity contribution in [2.24, 2.45) is 11.7 Å². The fourth-order valence-electron chi connectivity index (χ4n) is 2.79. The summed E-state index contributed by atoms with van der Waals surface area (Å²) >= 11 is 4.01. The van der Waals surface area contributed by atoms with Gasteiger partial charge in [0.05, 0.1) is 18.8 Å². The first-order chi connectivity index (χ1) is 15.5. The van der Waals surface area contributed by atoms with Gasteiger partial charge in [-0.2, -0.15) is 12.6 Å². The first-order valence-corrected chi connectivity index (χ1v) is 10.8. The van der Waals surface area contributed by atoms with Crippen LogP contribution in [0.3, 0.4) is 0 Å². The van der Waals surface area contributed by atoms with Gasteiger partial charge >= 0.3 is 11.9 Å². The van der Waals surface area contributed by atoms with E-state index in [1.807, 2.05) is 0 Å². The van der Waals surface area contributed by atoms with Crippen LogP contribution in [0, 0.1) is 5.92 Å². The van der Waals surface area contributed by atoms with Gasteiger partial charge in [-0.15, -0.1) is 0 Å². The Balaban J connectivity index is 2.85. The molecule has 0 bridgehead atoms. The molecule has 3 amide bonds. The average Bonchev–Trinajstić information content (AvgIpc) is 3.26. The van der Waals surface area contributed by atoms with Crippen LogP contribution in [0.5, 0.6) is 0 Å². The van der Waals surface area contributed by atoms with E-state index in [-0.39, 0.29) is 18.1 Å². The third kappa shape index (κ3) is 9.10. The molecule has 0 aliphatic carbocycles. The predicted molar refractivity (Wildman–Crippen MR) is 119 cm³/mol. The number of hydrogen-bond acceptors (Lipinski definition) is 8. The van der Waals surface area contributed by atoms with Crippen LogP contribution in [-0.2, 0) is 30.4 Å². The van der Waals surface area contributed by atoms with Crippen molar-refractivity contribution in [3.05, 3.63) is 18.2 Å². The number of nitrogens with two attached hydrogens (primary N) is 1. The monoisotopic (exact) mass is 486 g/mol. The molecule has 14 heteroatoms. The fraction of sp³-hybridized carbons (Fsp3) is 0.579. The van der Waals surface area contributed by atoms with Crippen LogP contribution < -0.4 is 21.7 Å². The van der Waals surface area contributed by atoms with E-state index < -0.39 is 60.2 Å². The SMILES string of the molecule is CCC(C)C(NC(=O)C(CS)NC(=O)C(CC(=O)O)NC(=O)C(N)Cc1cnc[nH]1)C(=O)O. The molecule has 8 N–H and O–H groups in total. The number of H-pyrrole nitrogens is 1. The van der Waals surface area contributed by atoms with E-state index in [9.17, 15) is 29.1 Å². The predicted octanol–water partition coefficient (Wildman–Crippen LogP) is -1.73. The second kappa shape index (κ2) is 13.4. The molecular formula is C19H30N6O7S. The number of rotatable bonds is 14. The molecule has 0 fully saturated rings. The van der Waals surface area contributed by atoms with Crippen LogP contribution in [0.1, 0.15) is 32.4 Å². The van der Waals surface area contributed by atoms with Crippen molar-refractivity contribution in [3.63, 3.8) is 0 Å². The molecule has 0 spiro atoms. The maximum Gasteiger partial charge on any atom is 0.326 e. The third-order valence-electron chi connectivity index (χ3n) is 4.94. The van der Waals surface area contributed by atoms with Gasteiger partial charge in [0.25, 0.3) is 0 Å². The van der Waals surface area contributed by atoms with Gasteiger partial charge in [-0.3, -0.25) is 19.2 Å². The van der Waals surface area contributed by atoms with Crippen LogP contribution in [0.4, 0.5) is 0 Å². The maximum absolute atomic E-state index is 12.7. The molecule has 0 aliphatic rings. The van der Waals surface area contributed by atoms with Crippen LogP contribution >= 0.6 is 12.6 Å². The Morgan fingerprint density at radius 3 is 2.18 bits per heavy atom. The van der Waals surface area contributed by atoms with E-state index in [0.29, 0.717) is 12.1 Å². The lowest BCUT2D eigenvalue weighted by atomic mass is 9.99. The molecule has 184 valence electrons. The summed E-state index contributed by atoms with van der Waals surface area (Å²) in [5.74, 6) is -5.71. The van der Waals surface area contributed by atoms with Gasteiger partial charge in [0.15, 0.2) is 0 Å². The highest BCUT2D eigenvalue weighted by Crippen LogP contribution is 2.08. The normalized spacial score (nSPS) is 15.4. The zero-order chi connectivity index (χ0) is 25.1. The van der Waals surface area contributed by atoms with Gasteiger partial charge in [0.1, 0.15) is 18.1 Å². The van der Waals surface area contributed by atoms with Gasteiger partial charge < -0.3 is 36.9 Å². The smallest absolute Gasteiger partial charge is 0.326 e. The summed E-state index contributed by atoms with van der Waals surface area (Å²) < 4.78 is 0. The number of nitrogens with zero attached hydrogens (tertiary/aromatic N) is 1. The number of thiol groups is 1. The Morgan fingerprint density at radius 2 is 1.70 bits per heavy atom. The molecule has 33 heavy (non-hydrogen) atoms. The molecule has 0 aliphatic heterocycles. The van der Waals surface area contributed by atoms with E-state index in [2.05, 4.69) is 38.5 Å². The topological polar surface area (TPSA) is 217 Å². The molecule has 5 atom stereocenters. The Kier molecular flexibility index (Phi) is 11.4. The number of carbonyl (C=O) groups is 5. The second-order valence-corrected chi connectivity index (χ2v) is 7.87. The quantitative estimate of drug-likeness (QED) is 0.140. The Hall–Kier alpha value is -3.13. The van der Waals surface area contributed by atoms with Crippen molar-refractivity contribution in [2.75, 3.05) is 5.75 Å². The molecule has 0 saturated heterocycles. The molecule has 1 rings (SSSR count). The van der Waals surface area contributed by atoms with E-state index in [0.717, 1.165) is 0 Å². The zero-order valence-corrected chi connectivity index (χ0v) is 19.2. The van der Waals surface area contributed by atoms with Crippen molar-refractivity contribution < 1.29 is 34.2 Å². The highest BCUT2D eigenvalue weighted by atomic mass is 32.1. The minimum absolute atomic E-state index is 0.0705. The number of hydrogen-bond donors (Lipinski definition) is 8. The van der Waals surface area contributed by atoms with Crippen molar-refractivity contribution in [1.82, 2.24) is 25.9 Å². The number of aromatic amines is 1. The maximum atomic E-state index is 12.7. The van der Waals surface area contributed by atoms with Crippen LogP contribution in [-0.4, -0.2) is 79.8 Å². The van der Waals surface area contributed by atoms with Crippen molar-refractivity contribution in [3.8, 4) is 0 Å². The fourth-order valence-corrected chi connectivity index (χ4v) is 3.05. The van der Waals surface area contributed by atoms with Gasteiger partial charge in [-0.25, -0.2) is 9.78 Å². The Bertz CT molecular complexity index is 835. The molecule has 1 aromatic heterocycles. The van der Waals surface area contributed by atoms with E-state index in [4.69, 9.17) is 10.8 Å². The Labute approximate surface area is 195 Å². The summed E-state index contributed by atoms with van der Waals surface area (Å²) in [6.07, 6.45) is 2.66. The van der Waals surface area contributed by atoms with Crippen LogP contribution in [0.2, 0.25) is 0 Å². The summed E-state index contributed by atoms with van der Waals surface area (Å²) in [5.41, 5.74) is 6.38. The number of amides is 3. The van der Waals surface area contributed by atoms with Gasteiger partial charge in [-0.1, -0.05) is 20.3 Å². The summed E-state index contributed by atoms with van der Waals surface area (Å²) in [4.78, 5) is 66.8. The van der Waals surface area contributed by atoms with E-state index >= 15 is 0 Å². The summed E-state index contributed by atoms with van der Waals surface area (Å²) in [7, 11) is 0. The highest BCUT2D eigenvalue weighted by Gasteiger charge is 2.32. The first kappa shape index (κ1) is 27.9. The van der Waals surface area contributed by atoms with Gasteiger partial charge in [0, 0.05) is 24.1 Å². The molecule has 0 aromatic carbocycles. The van der Waals surface area contributed by atoms with Crippen molar-refractivity contribution >= 4 is 42.3 Å². The number of aromatic nitrogens is 2. The zero-order valence-electron chi connectivity index (χ0n) is 18.3. The lowest BCUT2D eigenvalue weighted by Crippen LogP contribution is -2.58. The highest BCUT2D eigenvalue weighted by molar-refractivity contribution is 7.80.